The molecule has 0 bridgehead atoms. The Hall–Kier alpha value is -1.07. The molecule has 0 aromatic carbocycles. The highest BCUT2D eigenvalue weighted by Crippen LogP contribution is 2.20. The van der Waals surface area contributed by atoms with Gasteiger partial charge in [-0.3, -0.25) is 0 Å². The van der Waals surface area contributed by atoms with Crippen LogP contribution in [0.3, 0.4) is 0 Å². The summed E-state index contributed by atoms with van der Waals surface area (Å²) in [4.78, 5) is 18.9. The van der Waals surface area contributed by atoms with Crippen LogP contribution in [0.15, 0.2) is 9.72 Å². The van der Waals surface area contributed by atoms with Gasteiger partial charge in [0.1, 0.15) is 0 Å². The van der Waals surface area contributed by atoms with Gasteiger partial charge in [-0.1, -0.05) is 0 Å². The molecule has 0 saturated carbocycles. The number of hydrogen-bond donors (Lipinski definition) is 2. The highest BCUT2D eigenvalue weighted by atomic mass is 32.2. The summed E-state index contributed by atoms with van der Waals surface area (Å²) in [5.74, 6) is -1.35. The summed E-state index contributed by atoms with van der Waals surface area (Å²) in [6.45, 7) is 2.60. The molecule has 2 heterocycles. The van der Waals surface area contributed by atoms with E-state index in [-0.39, 0.29) is 4.21 Å². The fraction of sp³-hybridized carbons (Fsp3) is 0.556. The molecule has 0 spiro atoms. The number of thiazole rings is 1. The molecule has 0 radical (unpaired) electrons. The molecule has 8 nitrogen and oxygen atoms in total. The fourth-order valence-corrected chi connectivity index (χ4v) is 3.93. The third-order valence-electron chi connectivity index (χ3n) is 2.73. The molecule has 1 aromatic rings. The number of aromatic carboxylic acids is 1. The van der Waals surface area contributed by atoms with E-state index in [0.717, 1.165) is 24.4 Å². The van der Waals surface area contributed by atoms with E-state index in [1.807, 2.05) is 7.05 Å². The second-order valence-corrected chi connectivity index (χ2v) is 6.89. The lowest BCUT2D eigenvalue weighted by molar-refractivity contribution is 0.0687. The maximum Gasteiger partial charge on any atom is 0.356 e. The predicted molar refractivity (Wildman–Crippen MR) is 68.5 cm³/mol. The highest BCUT2D eigenvalue weighted by molar-refractivity contribution is 7.91. The number of aromatic nitrogens is 1. The second kappa shape index (κ2) is 5.51. The van der Waals surface area contributed by atoms with Crippen LogP contribution < -0.4 is 4.83 Å². The molecule has 0 aliphatic carbocycles. The first kappa shape index (κ1) is 14.3. The van der Waals surface area contributed by atoms with Crippen molar-refractivity contribution < 1.29 is 18.3 Å². The third kappa shape index (κ3) is 3.28. The van der Waals surface area contributed by atoms with Crippen molar-refractivity contribution in [3.63, 3.8) is 0 Å². The van der Waals surface area contributed by atoms with Gasteiger partial charge < -0.3 is 10.0 Å². The number of nitrogens with zero attached hydrogens (tertiary/aromatic N) is 3. The van der Waals surface area contributed by atoms with Gasteiger partial charge in [-0.15, -0.1) is 16.2 Å². The predicted octanol–water partition coefficient (Wildman–Crippen LogP) is -0.718. The minimum absolute atomic E-state index is 0.265. The van der Waals surface area contributed by atoms with E-state index < -0.39 is 21.7 Å². The Labute approximate surface area is 114 Å². The molecule has 1 fully saturated rings. The maximum atomic E-state index is 12.1. The molecule has 0 unspecified atom stereocenters. The number of piperazine rings is 1. The lowest BCUT2D eigenvalue weighted by atomic mass is 10.4. The maximum absolute atomic E-state index is 12.1. The first-order chi connectivity index (χ1) is 8.90. The molecule has 1 aromatic heterocycles. The molecule has 2 rings (SSSR count). The van der Waals surface area contributed by atoms with Crippen molar-refractivity contribution in [3.8, 4) is 0 Å². The number of hydrogen-bond acceptors (Lipinski definition) is 7. The van der Waals surface area contributed by atoms with Crippen LogP contribution in [-0.2, 0) is 10.0 Å². The molecule has 10 heteroatoms. The zero-order chi connectivity index (χ0) is 14.0. The van der Waals surface area contributed by atoms with Crippen LogP contribution in [-0.4, -0.2) is 67.6 Å². The molecule has 106 valence electrons. The van der Waals surface area contributed by atoms with Crippen LogP contribution in [0.1, 0.15) is 10.5 Å². The summed E-state index contributed by atoms with van der Waals surface area (Å²) < 4.78 is 24.0. The second-order valence-electron chi connectivity index (χ2n) is 4.18. The SMILES string of the molecule is CN1CCN(NS(=O)(=O)c2scnc2C(=O)O)CC1. The zero-order valence-electron chi connectivity index (χ0n) is 10.2. The van der Waals surface area contributed by atoms with Crippen LogP contribution in [0.25, 0.3) is 0 Å². The van der Waals surface area contributed by atoms with E-state index in [4.69, 9.17) is 5.11 Å². The van der Waals surface area contributed by atoms with Gasteiger partial charge in [0.2, 0.25) is 0 Å². The molecule has 0 amide bonds. The number of likely N-dealkylation sites (N-methyl/N-ethyl adjacent to an activating group) is 1. The summed E-state index contributed by atoms with van der Waals surface area (Å²) in [7, 11) is -1.92. The summed E-state index contributed by atoms with van der Waals surface area (Å²) in [6, 6.07) is 0. The smallest absolute Gasteiger partial charge is 0.356 e. The standard InChI is InChI=1S/C9H14N4O4S2/c1-12-2-4-13(5-3-12)11-19(16,17)9-7(8(14)15)10-6-18-9/h6,11H,2-5H2,1H3,(H,14,15). The molecular formula is C9H14N4O4S2. The first-order valence-corrected chi connectivity index (χ1v) is 7.89. The summed E-state index contributed by atoms with van der Waals surface area (Å²) >= 11 is 0.794. The van der Waals surface area contributed by atoms with Gasteiger partial charge in [0.15, 0.2) is 9.90 Å². The number of nitrogens with one attached hydrogen (secondary N) is 1. The molecule has 1 aliphatic rings. The van der Waals surface area contributed by atoms with Crippen LogP contribution in [0.4, 0.5) is 0 Å². The normalized spacial score (nSPS) is 18.6. The van der Waals surface area contributed by atoms with Crippen molar-refractivity contribution >= 4 is 27.3 Å². The van der Waals surface area contributed by atoms with Gasteiger partial charge in [-0.2, -0.15) is 0 Å². The van der Waals surface area contributed by atoms with Gasteiger partial charge in [0.25, 0.3) is 10.0 Å². The van der Waals surface area contributed by atoms with Crippen LogP contribution >= 0.6 is 11.3 Å². The summed E-state index contributed by atoms with van der Waals surface area (Å²) in [5, 5.41) is 10.5. The Balaban J connectivity index is 2.14. The van der Waals surface area contributed by atoms with E-state index in [1.54, 1.807) is 5.01 Å². The average molecular weight is 306 g/mol. The van der Waals surface area contributed by atoms with Crippen LogP contribution in [0.5, 0.6) is 0 Å². The van der Waals surface area contributed by atoms with Crippen molar-refractivity contribution in [2.24, 2.45) is 0 Å². The van der Waals surface area contributed by atoms with Crippen LogP contribution in [0, 0.1) is 0 Å². The van der Waals surface area contributed by atoms with Crippen molar-refractivity contribution in [2.75, 3.05) is 33.2 Å². The Morgan fingerprint density at radius 3 is 2.63 bits per heavy atom. The molecule has 19 heavy (non-hydrogen) atoms. The van der Waals surface area contributed by atoms with Crippen molar-refractivity contribution in [1.82, 2.24) is 19.7 Å². The topological polar surface area (TPSA) is 103 Å². The van der Waals surface area contributed by atoms with E-state index >= 15 is 0 Å². The van der Waals surface area contributed by atoms with E-state index in [9.17, 15) is 13.2 Å². The summed E-state index contributed by atoms with van der Waals surface area (Å²) in [6.07, 6.45) is 0. The van der Waals surface area contributed by atoms with E-state index in [2.05, 4.69) is 14.7 Å². The van der Waals surface area contributed by atoms with Gasteiger partial charge >= 0.3 is 5.97 Å². The third-order valence-corrected chi connectivity index (χ3v) is 5.48. The first-order valence-electron chi connectivity index (χ1n) is 5.53. The number of rotatable bonds is 4. The van der Waals surface area contributed by atoms with Gasteiger partial charge in [0, 0.05) is 26.2 Å². The molecule has 1 aliphatic heterocycles. The van der Waals surface area contributed by atoms with Gasteiger partial charge in [-0.05, 0) is 7.05 Å². The molecule has 0 atom stereocenters. The van der Waals surface area contributed by atoms with Crippen molar-refractivity contribution in [3.05, 3.63) is 11.2 Å². The van der Waals surface area contributed by atoms with Crippen LogP contribution in [0.2, 0.25) is 0 Å². The average Bonchev–Trinajstić information content (AvgIpc) is 2.82. The lowest BCUT2D eigenvalue weighted by Crippen LogP contribution is -2.52. The van der Waals surface area contributed by atoms with Crippen molar-refractivity contribution in [2.45, 2.75) is 4.21 Å². The van der Waals surface area contributed by atoms with Gasteiger partial charge in [0.05, 0.1) is 5.51 Å². The minimum Gasteiger partial charge on any atom is -0.476 e. The molecule has 1 saturated heterocycles. The Morgan fingerprint density at radius 1 is 1.42 bits per heavy atom. The lowest BCUT2D eigenvalue weighted by Gasteiger charge is -2.31. The van der Waals surface area contributed by atoms with E-state index in [0.29, 0.717) is 13.1 Å². The summed E-state index contributed by atoms with van der Waals surface area (Å²) in [5.41, 5.74) is 0.772. The highest BCUT2D eigenvalue weighted by Gasteiger charge is 2.28. The molecule has 2 N–H and O–H groups in total. The Bertz CT molecular complexity index is 563. The quantitative estimate of drug-likeness (QED) is 0.757. The monoisotopic (exact) mass is 306 g/mol. The van der Waals surface area contributed by atoms with Gasteiger partial charge in [-0.25, -0.2) is 23.2 Å². The fourth-order valence-electron chi connectivity index (χ4n) is 1.68. The Morgan fingerprint density at radius 2 is 2.05 bits per heavy atom. The number of sulfonamides is 1. The number of hydrazine groups is 1. The minimum atomic E-state index is -3.88. The largest absolute Gasteiger partial charge is 0.476 e. The zero-order valence-corrected chi connectivity index (χ0v) is 11.9. The number of carbonyl (C=O) groups is 1. The Kier molecular flexibility index (Phi) is 4.16. The van der Waals surface area contributed by atoms with Crippen molar-refractivity contribution in [1.29, 1.82) is 0 Å². The number of carboxylic acids is 1. The number of carboxylic acid groups (broad SMARTS) is 1. The molecular weight excluding hydrogens is 292 g/mol. The van der Waals surface area contributed by atoms with E-state index in [1.165, 1.54) is 5.51 Å².